The van der Waals surface area contributed by atoms with Crippen molar-refractivity contribution >= 4 is 5.91 Å². The number of aliphatic hydroxyl groups excluding tert-OH is 1. The van der Waals surface area contributed by atoms with Gasteiger partial charge in [0.25, 0.3) is 0 Å². The van der Waals surface area contributed by atoms with E-state index in [2.05, 4.69) is 0 Å². The van der Waals surface area contributed by atoms with Crippen LogP contribution in [0.4, 0.5) is 0 Å². The van der Waals surface area contributed by atoms with Crippen molar-refractivity contribution in [1.29, 1.82) is 0 Å². The number of carbonyl (C=O) groups is 1. The molecule has 1 saturated carbocycles. The summed E-state index contributed by atoms with van der Waals surface area (Å²) in [7, 11) is 1.87. The van der Waals surface area contributed by atoms with Crippen LogP contribution >= 0.6 is 0 Å². The molecule has 3 heteroatoms. The second-order valence-electron chi connectivity index (χ2n) is 6.13. The normalized spacial score (nSPS) is 16.9. The van der Waals surface area contributed by atoms with Crippen LogP contribution in [0.1, 0.15) is 56.6 Å². The first-order valence-electron chi connectivity index (χ1n) is 8.14. The largest absolute Gasteiger partial charge is 0.396 e. The monoisotopic (exact) mass is 289 g/mol. The molecule has 1 aromatic carbocycles. The molecule has 1 unspecified atom stereocenters. The molecule has 0 radical (unpaired) electrons. The number of aliphatic hydroxyl groups is 1. The molecule has 0 saturated heterocycles. The molecule has 2 rings (SSSR count). The van der Waals surface area contributed by atoms with Gasteiger partial charge in [-0.15, -0.1) is 0 Å². The van der Waals surface area contributed by atoms with Crippen molar-refractivity contribution in [3.8, 4) is 0 Å². The third-order valence-corrected chi connectivity index (χ3v) is 4.69. The summed E-state index contributed by atoms with van der Waals surface area (Å²) in [6.07, 6.45) is 7.47. The summed E-state index contributed by atoms with van der Waals surface area (Å²) >= 11 is 0. The van der Waals surface area contributed by atoms with E-state index in [0.717, 1.165) is 17.9 Å². The van der Waals surface area contributed by atoms with Crippen molar-refractivity contribution in [2.24, 2.45) is 5.92 Å². The van der Waals surface area contributed by atoms with Gasteiger partial charge in [-0.1, -0.05) is 56.0 Å². The first-order chi connectivity index (χ1) is 10.2. The van der Waals surface area contributed by atoms with Gasteiger partial charge in [0, 0.05) is 20.1 Å². The molecule has 1 aliphatic rings. The number of carbonyl (C=O) groups excluding carboxylic acids is 1. The average molecular weight is 289 g/mol. The third kappa shape index (κ3) is 4.57. The molecule has 1 aliphatic carbocycles. The van der Waals surface area contributed by atoms with Crippen molar-refractivity contribution in [2.75, 3.05) is 13.7 Å². The van der Waals surface area contributed by atoms with E-state index in [1.54, 1.807) is 0 Å². The van der Waals surface area contributed by atoms with Gasteiger partial charge in [0.05, 0.1) is 6.04 Å². The number of hydrogen-bond acceptors (Lipinski definition) is 2. The smallest absolute Gasteiger partial charge is 0.222 e. The Hall–Kier alpha value is -1.35. The van der Waals surface area contributed by atoms with E-state index in [-0.39, 0.29) is 18.6 Å². The zero-order valence-electron chi connectivity index (χ0n) is 13.0. The lowest BCUT2D eigenvalue weighted by atomic mass is 9.99. The Morgan fingerprint density at radius 3 is 2.57 bits per heavy atom. The predicted octanol–water partition coefficient (Wildman–Crippen LogP) is 3.54. The minimum Gasteiger partial charge on any atom is -0.396 e. The second-order valence-corrected chi connectivity index (χ2v) is 6.13. The highest BCUT2D eigenvalue weighted by Crippen LogP contribution is 2.30. The fourth-order valence-corrected chi connectivity index (χ4v) is 3.36. The molecule has 1 aromatic rings. The van der Waals surface area contributed by atoms with Gasteiger partial charge in [0.2, 0.25) is 5.91 Å². The SMILES string of the molecule is CN(C(=O)CCC1CCCC1)C(CCO)c1ccccc1. The molecule has 3 nitrogen and oxygen atoms in total. The Balaban J connectivity index is 1.93. The number of rotatable bonds is 7. The maximum Gasteiger partial charge on any atom is 0.222 e. The summed E-state index contributed by atoms with van der Waals surface area (Å²) in [4.78, 5) is 14.3. The molecule has 0 bridgehead atoms. The Labute approximate surface area is 128 Å². The topological polar surface area (TPSA) is 40.5 Å². The van der Waals surface area contributed by atoms with Crippen LogP contribution < -0.4 is 0 Å². The molecule has 21 heavy (non-hydrogen) atoms. The van der Waals surface area contributed by atoms with Crippen molar-refractivity contribution in [2.45, 2.75) is 51.0 Å². The van der Waals surface area contributed by atoms with Gasteiger partial charge in [-0.05, 0) is 24.3 Å². The highest BCUT2D eigenvalue weighted by molar-refractivity contribution is 5.76. The van der Waals surface area contributed by atoms with Crippen LogP contribution in [0, 0.1) is 5.92 Å². The van der Waals surface area contributed by atoms with E-state index in [9.17, 15) is 9.90 Å². The molecule has 1 atom stereocenters. The van der Waals surface area contributed by atoms with Gasteiger partial charge in [-0.2, -0.15) is 0 Å². The van der Waals surface area contributed by atoms with E-state index in [1.165, 1.54) is 25.7 Å². The highest BCUT2D eigenvalue weighted by Gasteiger charge is 2.22. The number of hydrogen-bond donors (Lipinski definition) is 1. The lowest BCUT2D eigenvalue weighted by Gasteiger charge is -2.28. The van der Waals surface area contributed by atoms with E-state index in [4.69, 9.17) is 0 Å². The lowest BCUT2D eigenvalue weighted by molar-refractivity contribution is -0.132. The molecule has 1 amide bonds. The van der Waals surface area contributed by atoms with Gasteiger partial charge in [0.15, 0.2) is 0 Å². The minimum absolute atomic E-state index is 0.0210. The average Bonchev–Trinajstić information content (AvgIpc) is 3.04. The zero-order valence-corrected chi connectivity index (χ0v) is 13.0. The Morgan fingerprint density at radius 2 is 1.95 bits per heavy atom. The third-order valence-electron chi connectivity index (χ3n) is 4.69. The van der Waals surface area contributed by atoms with Crippen LogP contribution in [0.3, 0.4) is 0 Å². The van der Waals surface area contributed by atoms with Crippen LogP contribution in [-0.2, 0) is 4.79 Å². The Morgan fingerprint density at radius 1 is 1.29 bits per heavy atom. The molecule has 0 aliphatic heterocycles. The van der Waals surface area contributed by atoms with Gasteiger partial charge in [-0.25, -0.2) is 0 Å². The molecular weight excluding hydrogens is 262 g/mol. The Bertz CT molecular complexity index is 426. The molecule has 1 fully saturated rings. The Kier molecular flexibility index (Phi) is 6.24. The van der Waals surface area contributed by atoms with Crippen LogP contribution in [0.15, 0.2) is 30.3 Å². The maximum atomic E-state index is 12.4. The summed E-state index contributed by atoms with van der Waals surface area (Å²) in [6.45, 7) is 0.0970. The van der Waals surface area contributed by atoms with Crippen molar-refractivity contribution in [3.63, 3.8) is 0 Å². The van der Waals surface area contributed by atoms with E-state index in [1.807, 2.05) is 42.3 Å². The minimum atomic E-state index is -0.0210. The summed E-state index contributed by atoms with van der Waals surface area (Å²) < 4.78 is 0. The molecular formula is C18H27NO2. The fraction of sp³-hybridized carbons (Fsp3) is 0.611. The zero-order chi connectivity index (χ0) is 15.1. The number of nitrogens with zero attached hydrogens (tertiary/aromatic N) is 1. The van der Waals surface area contributed by atoms with Gasteiger partial charge < -0.3 is 10.0 Å². The number of benzene rings is 1. The first kappa shape index (κ1) is 16.0. The molecule has 0 aromatic heterocycles. The van der Waals surface area contributed by atoms with Crippen molar-refractivity contribution < 1.29 is 9.90 Å². The molecule has 1 N–H and O–H groups in total. The van der Waals surface area contributed by atoms with Crippen LogP contribution in [0.2, 0.25) is 0 Å². The van der Waals surface area contributed by atoms with Gasteiger partial charge in [0.1, 0.15) is 0 Å². The first-order valence-corrected chi connectivity index (χ1v) is 8.14. The van der Waals surface area contributed by atoms with Crippen LogP contribution in [0.5, 0.6) is 0 Å². The summed E-state index contributed by atoms with van der Waals surface area (Å²) in [5.74, 6) is 0.944. The molecule has 0 heterocycles. The number of amides is 1. The maximum absolute atomic E-state index is 12.4. The van der Waals surface area contributed by atoms with Gasteiger partial charge in [-0.3, -0.25) is 4.79 Å². The van der Waals surface area contributed by atoms with Crippen molar-refractivity contribution in [1.82, 2.24) is 4.90 Å². The van der Waals surface area contributed by atoms with E-state index < -0.39 is 0 Å². The van der Waals surface area contributed by atoms with Gasteiger partial charge >= 0.3 is 0 Å². The standard InChI is InChI=1S/C18H27NO2/c1-19(18(21)12-11-15-7-5-6-8-15)17(13-14-20)16-9-3-2-4-10-16/h2-4,9-10,15,17,20H,5-8,11-14H2,1H3. The quantitative estimate of drug-likeness (QED) is 0.834. The highest BCUT2D eigenvalue weighted by atomic mass is 16.3. The molecule has 116 valence electrons. The van der Waals surface area contributed by atoms with Crippen molar-refractivity contribution in [3.05, 3.63) is 35.9 Å². The van der Waals surface area contributed by atoms with E-state index >= 15 is 0 Å². The van der Waals surface area contributed by atoms with Crippen LogP contribution in [0.25, 0.3) is 0 Å². The lowest BCUT2D eigenvalue weighted by Crippen LogP contribution is -2.32. The predicted molar refractivity (Wildman–Crippen MR) is 84.8 cm³/mol. The summed E-state index contributed by atoms with van der Waals surface area (Å²) in [6, 6.07) is 9.98. The second kappa shape index (κ2) is 8.18. The van der Waals surface area contributed by atoms with E-state index in [0.29, 0.717) is 12.8 Å². The summed E-state index contributed by atoms with van der Waals surface area (Å²) in [5, 5.41) is 9.29. The molecule has 0 spiro atoms. The summed E-state index contributed by atoms with van der Waals surface area (Å²) in [5.41, 5.74) is 1.10. The fourth-order valence-electron chi connectivity index (χ4n) is 3.36. The van der Waals surface area contributed by atoms with Crippen LogP contribution in [-0.4, -0.2) is 29.6 Å².